The van der Waals surface area contributed by atoms with Crippen LogP contribution >= 0.6 is 34.8 Å². The summed E-state index contributed by atoms with van der Waals surface area (Å²) < 4.78 is 26.5. The molecule has 0 aliphatic carbocycles. The highest BCUT2D eigenvalue weighted by atomic mass is 35.5. The maximum Gasteiger partial charge on any atom is 0.244 e. The highest BCUT2D eigenvalue weighted by Crippen LogP contribution is 2.29. The number of benzene rings is 2. The Kier molecular flexibility index (Phi) is 11.3. The normalized spacial score (nSPS) is 12.2. The molecule has 1 atom stereocenters. The molecule has 1 N–H and O–H groups in total. The summed E-state index contributed by atoms with van der Waals surface area (Å²) in [7, 11) is -3.85. The molecule has 0 saturated carbocycles. The highest BCUT2D eigenvalue weighted by Gasteiger charge is 2.32. The summed E-state index contributed by atoms with van der Waals surface area (Å²) >= 11 is 18.8. The van der Waals surface area contributed by atoms with Gasteiger partial charge < -0.3 is 10.2 Å². The van der Waals surface area contributed by atoms with Crippen molar-refractivity contribution in [3.63, 3.8) is 0 Å². The number of carbonyl (C=O) groups is 2. The van der Waals surface area contributed by atoms with Crippen molar-refractivity contribution in [2.24, 2.45) is 0 Å². The fourth-order valence-corrected chi connectivity index (χ4v) is 5.42. The molecular formula is C25H32Cl3N3O4S. The van der Waals surface area contributed by atoms with Gasteiger partial charge in [-0.05, 0) is 55.7 Å². The third-order valence-electron chi connectivity index (χ3n) is 5.71. The van der Waals surface area contributed by atoms with Crippen molar-refractivity contribution in [3.05, 3.63) is 62.6 Å². The Morgan fingerprint density at radius 2 is 1.69 bits per heavy atom. The number of amides is 2. The first-order valence-corrected chi connectivity index (χ1v) is 14.6. The molecule has 0 aliphatic heterocycles. The Morgan fingerprint density at radius 3 is 2.22 bits per heavy atom. The van der Waals surface area contributed by atoms with Crippen LogP contribution in [0.25, 0.3) is 0 Å². The van der Waals surface area contributed by atoms with Crippen molar-refractivity contribution in [2.75, 3.05) is 23.7 Å². The van der Waals surface area contributed by atoms with E-state index in [0.717, 1.165) is 23.4 Å². The van der Waals surface area contributed by atoms with E-state index in [-0.39, 0.29) is 12.5 Å². The van der Waals surface area contributed by atoms with Crippen LogP contribution in [0.1, 0.15) is 44.2 Å². The summed E-state index contributed by atoms with van der Waals surface area (Å²) in [4.78, 5) is 28.2. The number of halogens is 3. The van der Waals surface area contributed by atoms with E-state index < -0.39 is 28.5 Å². The van der Waals surface area contributed by atoms with Gasteiger partial charge in [0.25, 0.3) is 0 Å². The molecule has 2 rings (SSSR count). The van der Waals surface area contributed by atoms with Gasteiger partial charge >= 0.3 is 0 Å². The zero-order valence-electron chi connectivity index (χ0n) is 20.9. The van der Waals surface area contributed by atoms with Crippen LogP contribution in [-0.4, -0.2) is 50.5 Å². The minimum Gasteiger partial charge on any atom is -0.354 e. The zero-order valence-corrected chi connectivity index (χ0v) is 23.9. The second kappa shape index (κ2) is 13.5. The zero-order chi connectivity index (χ0) is 27.0. The molecule has 0 spiro atoms. The molecule has 198 valence electrons. The summed E-state index contributed by atoms with van der Waals surface area (Å²) in [6, 6.07) is 8.86. The van der Waals surface area contributed by atoms with Gasteiger partial charge in [0.1, 0.15) is 12.6 Å². The van der Waals surface area contributed by atoms with E-state index >= 15 is 0 Å². The molecular weight excluding hydrogens is 545 g/mol. The standard InChI is InChI=1S/C25H32Cl3N3O4S/c1-5-7-13-29-25(33)22(6-2)30(15-19-20(27)9-8-10-21(19)28)24(32)16-31(36(4,34)35)23-12-11-18(26)14-17(23)3/h8-12,14,22H,5-7,13,15-16H2,1-4H3,(H,29,33). The average molecular weight is 577 g/mol. The summed E-state index contributed by atoms with van der Waals surface area (Å²) in [5, 5.41) is 4.00. The van der Waals surface area contributed by atoms with Gasteiger partial charge in [-0.15, -0.1) is 0 Å². The molecule has 0 bridgehead atoms. The molecule has 2 aromatic rings. The predicted octanol–water partition coefficient (Wildman–Crippen LogP) is 5.44. The second-order valence-electron chi connectivity index (χ2n) is 8.49. The van der Waals surface area contributed by atoms with Crippen LogP contribution in [0.15, 0.2) is 36.4 Å². The Morgan fingerprint density at radius 1 is 1.06 bits per heavy atom. The van der Waals surface area contributed by atoms with Gasteiger partial charge in [-0.25, -0.2) is 8.42 Å². The largest absolute Gasteiger partial charge is 0.354 e. The molecule has 0 heterocycles. The van der Waals surface area contributed by atoms with Crippen LogP contribution in [-0.2, 0) is 26.2 Å². The van der Waals surface area contributed by atoms with Crippen LogP contribution < -0.4 is 9.62 Å². The molecule has 2 amide bonds. The molecule has 0 aliphatic rings. The minimum absolute atomic E-state index is 0.0613. The lowest BCUT2D eigenvalue weighted by molar-refractivity contribution is -0.140. The number of rotatable bonds is 12. The van der Waals surface area contributed by atoms with Crippen molar-refractivity contribution in [1.82, 2.24) is 10.2 Å². The molecule has 11 heteroatoms. The van der Waals surface area contributed by atoms with Crippen molar-refractivity contribution in [1.29, 1.82) is 0 Å². The van der Waals surface area contributed by atoms with E-state index in [1.54, 1.807) is 50.2 Å². The number of hydrogen-bond acceptors (Lipinski definition) is 4. The van der Waals surface area contributed by atoms with Gasteiger partial charge in [0.2, 0.25) is 21.8 Å². The summed E-state index contributed by atoms with van der Waals surface area (Å²) in [5.74, 6) is -0.890. The van der Waals surface area contributed by atoms with Gasteiger partial charge in [0.15, 0.2) is 0 Å². The Balaban J connectivity index is 2.50. The SMILES string of the molecule is CCCCNC(=O)C(CC)N(Cc1c(Cl)cccc1Cl)C(=O)CN(c1ccc(Cl)cc1C)S(C)(=O)=O. The van der Waals surface area contributed by atoms with Gasteiger partial charge in [0.05, 0.1) is 11.9 Å². The van der Waals surface area contributed by atoms with E-state index in [4.69, 9.17) is 34.8 Å². The Hall–Kier alpha value is -2.00. The number of carbonyl (C=O) groups excluding carboxylic acids is 2. The third-order valence-corrected chi connectivity index (χ3v) is 7.78. The van der Waals surface area contributed by atoms with Crippen LogP contribution in [0, 0.1) is 6.92 Å². The molecule has 0 radical (unpaired) electrons. The predicted molar refractivity (Wildman–Crippen MR) is 147 cm³/mol. The van der Waals surface area contributed by atoms with Gasteiger partial charge in [-0.2, -0.15) is 0 Å². The maximum absolute atomic E-state index is 13.7. The van der Waals surface area contributed by atoms with Crippen LogP contribution in [0.2, 0.25) is 15.1 Å². The van der Waals surface area contributed by atoms with Crippen molar-refractivity contribution >= 4 is 62.3 Å². The lowest BCUT2D eigenvalue weighted by Crippen LogP contribution is -2.52. The van der Waals surface area contributed by atoms with Crippen LogP contribution in [0.4, 0.5) is 5.69 Å². The lowest BCUT2D eigenvalue weighted by Gasteiger charge is -2.33. The number of hydrogen-bond donors (Lipinski definition) is 1. The van der Waals surface area contributed by atoms with E-state index in [1.807, 2.05) is 6.92 Å². The molecule has 0 aromatic heterocycles. The highest BCUT2D eigenvalue weighted by molar-refractivity contribution is 7.92. The fraction of sp³-hybridized carbons (Fsp3) is 0.440. The van der Waals surface area contributed by atoms with Crippen LogP contribution in [0.3, 0.4) is 0 Å². The van der Waals surface area contributed by atoms with Gasteiger partial charge in [-0.1, -0.05) is 61.1 Å². The molecule has 0 fully saturated rings. The average Bonchev–Trinajstić information content (AvgIpc) is 2.79. The number of nitrogens with one attached hydrogen (secondary N) is 1. The maximum atomic E-state index is 13.7. The monoisotopic (exact) mass is 575 g/mol. The van der Waals surface area contributed by atoms with Gasteiger partial charge in [0, 0.05) is 33.7 Å². The Bertz CT molecular complexity index is 1170. The number of nitrogens with zero attached hydrogens (tertiary/aromatic N) is 2. The molecule has 36 heavy (non-hydrogen) atoms. The summed E-state index contributed by atoms with van der Waals surface area (Å²) in [5.41, 5.74) is 1.39. The molecule has 1 unspecified atom stereocenters. The third kappa shape index (κ3) is 8.00. The molecule has 2 aromatic carbocycles. The fourth-order valence-electron chi connectivity index (χ4n) is 3.77. The molecule has 0 saturated heterocycles. The van der Waals surface area contributed by atoms with E-state index in [0.29, 0.717) is 44.8 Å². The first-order valence-electron chi connectivity index (χ1n) is 11.6. The lowest BCUT2D eigenvalue weighted by atomic mass is 10.1. The number of aryl methyl sites for hydroxylation is 1. The minimum atomic E-state index is -3.85. The first kappa shape index (κ1) is 30.2. The first-order chi connectivity index (χ1) is 16.9. The molecule has 7 nitrogen and oxygen atoms in total. The number of sulfonamides is 1. The quantitative estimate of drug-likeness (QED) is 0.341. The summed E-state index contributed by atoms with van der Waals surface area (Å²) in [6.07, 6.45) is 3.03. The number of anilines is 1. The van der Waals surface area contributed by atoms with E-state index in [2.05, 4.69) is 5.32 Å². The summed E-state index contributed by atoms with van der Waals surface area (Å²) in [6.45, 7) is 5.41. The smallest absolute Gasteiger partial charge is 0.244 e. The van der Waals surface area contributed by atoms with Crippen molar-refractivity contribution < 1.29 is 18.0 Å². The van der Waals surface area contributed by atoms with Crippen molar-refractivity contribution in [2.45, 2.75) is 52.6 Å². The Labute approximate surface area is 228 Å². The van der Waals surface area contributed by atoms with E-state index in [9.17, 15) is 18.0 Å². The second-order valence-corrected chi connectivity index (χ2v) is 11.6. The van der Waals surface area contributed by atoms with Crippen LogP contribution in [0.5, 0.6) is 0 Å². The van der Waals surface area contributed by atoms with Crippen molar-refractivity contribution in [3.8, 4) is 0 Å². The van der Waals surface area contributed by atoms with E-state index in [1.165, 1.54) is 4.90 Å². The topological polar surface area (TPSA) is 86.8 Å². The number of unbranched alkanes of at least 4 members (excludes halogenated alkanes) is 1. The van der Waals surface area contributed by atoms with Gasteiger partial charge in [-0.3, -0.25) is 13.9 Å².